The number of methoxy groups -OCH3 is 1. The molecule has 1 heterocycles. The van der Waals surface area contributed by atoms with Crippen LogP contribution in [0.25, 0.3) is 0 Å². The van der Waals surface area contributed by atoms with Gasteiger partial charge in [0.25, 0.3) is 0 Å². The highest BCUT2D eigenvalue weighted by atomic mass is 32.1. The third kappa shape index (κ3) is 4.94. The van der Waals surface area contributed by atoms with E-state index >= 15 is 0 Å². The fourth-order valence-electron chi connectivity index (χ4n) is 2.62. The fourth-order valence-corrected chi connectivity index (χ4v) is 3.67. The third-order valence-electron chi connectivity index (χ3n) is 4.11. The molecule has 1 fully saturated rings. The molecule has 1 saturated carbocycles. The highest BCUT2D eigenvalue weighted by Crippen LogP contribution is 2.31. The smallest absolute Gasteiger partial charge is 0.185 e. The van der Waals surface area contributed by atoms with Crippen molar-refractivity contribution in [3.63, 3.8) is 0 Å². The standard InChI is InChI=1S/C16H29N3OS/c1-4-6-14-15(11-17-9-10-20-3)21-16(18-14)19(2)12-13-7-5-8-13/h13,17H,4-12H2,1-3H3. The van der Waals surface area contributed by atoms with Crippen LogP contribution in [0.1, 0.15) is 43.2 Å². The quantitative estimate of drug-likeness (QED) is 0.674. The second kappa shape index (κ2) is 8.71. The Bertz CT molecular complexity index is 418. The number of ether oxygens (including phenoxy) is 1. The fraction of sp³-hybridized carbons (Fsp3) is 0.812. The zero-order valence-corrected chi connectivity index (χ0v) is 14.5. The van der Waals surface area contributed by atoms with Gasteiger partial charge in [0.1, 0.15) is 0 Å². The van der Waals surface area contributed by atoms with E-state index < -0.39 is 0 Å². The van der Waals surface area contributed by atoms with Gasteiger partial charge in [-0.3, -0.25) is 0 Å². The minimum Gasteiger partial charge on any atom is -0.383 e. The van der Waals surface area contributed by atoms with E-state index in [-0.39, 0.29) is 0 Å². The van der Waals surface area contributed by atoms with Crippen molar-refractivity contribution in [2.45, 2.75) is 45.6 Å². The summed E-state index contributed by atoms with van der Waals surface area (Å²) in [5.74, 6) is 0.886. The van der Waals surface area contributed by atoms with Crippen LogP contribution in [0.4, 0.5) is 5.13 Å². The first-order chi connectivity index (χ1) is 10.2. The molecule has 5 heteroatoms. The van der Waals surface area contributed by atoms with Crippen LogP contribution < -0.4 is 10.2 Å². The van der Waals surface area contributed by atoms with Crippen LogP contribution in [-0.2, 0) is 17.7 Å². The molecule has 1 aromatic rings. The molecular formula is C16H29N3OS. The van der Waals surface area contributed by atoms with Crippen molar-refractivity contribution < 1.29 is 4.74 Å². The molecule has 2 rings (SSSR count). The molecule has 0 amide bonds. The summed E-state index contributed by atoms with van der Waals surface area (Å²) in [6, 6.07) is 0. The first-order valence-electron chi connectivity index (χ1n) is 8.14. The molecule has 0 radical (unpaired) electrons. The third-order valence-corrected chi connectivity index (χ3v) is 5.32. The summed E-state index contributed by atoms with van der Waals surface area (Å²) in [5.41, 5.74) is 1.28. The first kappa shape index (κ1) is 16.7. The van der Waals surface area contributed by atoms with Crippen molar-refractivity contribution in [3.8, 4) is 0 Å². The summed E-state index contributed by atoms with van der Waals surface area (Å²) < 4.78 is 5.08. The van der Waals surface area contributed by atoms with Crippen LogP contribution >= 0.6 is 11.3 Å². The van der Waals surface area contributed by atoms with Crippen LogP contribution in [-0.4, -0.2) is 38.8 Å². The Morgan fingerprint density at radius 3 is 2.86 bits per heavy atom. The SMILES string of the molecule is CCCc1nc(N(C)CC2CCC2)sc1CNCCOC. The number of aryl methyl sites for hydroxylation is 1. The summed E-state index contributed by atoms with van der Waals surface area (Å²) in [6.45, 7) is 5.95. The molecule has 0 unspecified atom stereocenters. The monoisotopic (exact) mass is 311 g/mol. The minimum atomic E-state index is 0.760. The first-order valence-corrected chi connectivity index (χ1v) is 8.95. The highest BCUT2D eigenvalue weighted by molar-refractivity contribution is 7.15. The van der Waals surface area contributed by atoms with Crippen LogP contribution in [0.5, 0.6) is 0 Å². The number of thiazole rings is 1. The van der Waals surface area contributed by atoms with E-state index in [4.69, 9.17) is 9.72 Å². The normalized spacial score (nSPS) is 15.2. The maximum atomic E-state index is 5.08. The van der Waals surface area contributed by atoms with Crippen LogP contribution in [0, 0.1) is 5.92 Å². The Kier molecular flexibility index (Phi) is 6.93. The Morgan fingerprint density at radius 2 is 2.24 bits per heavy atom. The van der Waals surface area contributed by atoms with Gasteiger partial charge in [0.2, 0.25) is 0 Å². The lowest BCUT2D eigenvalue weighted by Gasteiger charge is -2.29. The van der Waals surface area contributed by atoms with Crippen LogP contribution in [0.2, 0.25) is 0 Å². The average molecular weight is 311 g/mol. The summed E-state index contributed by atoms with van der Waals surface area (Å²) >= 11 is 1.85. The van der Waals surface area contributed by atoms with Gasteiger partial charge in [0.05, 0.1) is 12.3 Å². The van der Waals surface area contributed by atoms with E-state index in [1.54, 1.807) is 7.11 Å². The van der Waals surface area contributed by atoms with Gasteiger partial charge in [-0.1, -0.05) is 19.8 Å². The van der Waals surface area contributed by atoms with Crippen LogP contribution in [0.15, 0.2) is 0 Å². The lowest BCUT2D eigenvalue weighted by atomic mass is 9.85. The number of hydrogen-bond donors (Lipinski definition) is 1. The molecule has 0 atom stereocenters. The van der Waals surface area contributed by atoms with Gasteiger partial charge in [-0.15, -0.1) is 11.3 Å². The zero-order valence-electron chi connectivity index (χ0n) is 13.7. The molecule has 0 aliphatic heterocycles. The number of anilines is 1. The molecule has 1 N–H and O–H groups in total. The molecule has 0 saturated heterocycles. The zero-order chi connectivity index (χ0) is 15.1. The maximum absolute atomic E-state index is 5.08. The van der Waals surface area contributed by atoms with E-state index in [1.807, 2.05) is 11.3 Å². The predicted octanol–water partition coefficient (Wildman–Crippen LogP) is 3.07. The summed E-state index contributed by atoms with van der Waals surface area (Å²) in [5, 5.41) is 4.63. The molecule has 120 valence electrons. The number of nitrogens with one attached hydrogen (secondary N) is 1. The molecule has 1 aliphatic rings. The second-order valence-electron chi connectivity index (χ2n) is 5.96. The van der Waals surface area contributed by atoms with Crippen molar-refractivity contribution in [2.75, 3.05) is 38.8 Å². The molecular weight excluding hydrogens is 282 g/mol. The van der Waals surface area contributed by atoms with Gasteiger partial charge in [0.15, 0.2) is 5.13 Å². The van der Waals surface area contributed by atoms with E-state index in [2.05, 4.69) is 24.2 Å². The Hall–Kier alpha value is -0.650. The molecule has 0 bridgehead atoms. The summed E-state index contributed by atoms with van der Waals surface area (Å²) in [7, 11) is 3.93. The summed E-state index contributed by atoms with van der Waals surface area (Å²) in [6.07, 6.45) is 6.42. The van der Waals surface area contributed by atoms with Gasteiger partial charge in [-0.25, -0.2) is 4.98 Å². The molecule has 0 spiro atoms. The lowest BCUT2D eigenvalue weighted by Crippen LogP contribution is -2.29. The van der Waals surface area contributed by atoms with E-state index in [0.29, 0.717) is 0 Å². The number of rotatable bonds is 10. The van der Waals surface area contributed by atoms with Gasteiger partial charge in [-0.2, -0.15) is 0 Å². The van der Waals surface area contributed by atoms with Gasteiger partial charge < -0.3 is 15.0 Å². The van der Waals surface area contributed by atoms with Gasteiger partial charge in [-0.05, 0) is 25.2 Å². The van der Waals surface area contributed by atoms with E-state index in [0.717, 1.165) is 45.0 Å². The minimum absolute atomic E-state index is 0.760. The predicted molar refractivity (Wildman–Crippen MR) is 90.3 cm³/mol. The molecule has 4 nitrogen and oxygen atoms in total. The maximum Gasteiger partial charge on any atom is 0.185 e. The van der Waals surface area contributed by atoms with Crippen molar-refractivity contribution in [1.29, 1.82) is 0 Å². The van der Waals surface area contributed by atoms with Gasteiger partial charge in [0, 0.05) is 38.7 Å². The molecule has 21 heavy (non-hydrogen) atoms. The van der Waals surface area contributed by atoms with Crippen molar-refractivity contribution >= 4 is 16.5 Å². The van der Waals surface area contributed by atoms with Crippen molar-refractivity contribution in [2.24, 2.45) is 5.92 Å². The average Bonchev–Trinajstić information content (AvgIpc) is 2.83. The van der Waals surface area contributed by atoms with Gasteiger partial charge >= 0.3 is 0 Å². The largest absolute Gasteiger partial charge is 0.383 e. The number of hydrogen-bond acceptors (Lipinski definition) is 5. The molecule has 0 aromatic carbocycles. The lowest BCUT2D eigenvalue weighted by molar-refractivity contribution is 0.199. The number of aromatic nitrogens is 1. The van der Waals surface area contributed by atoms with E-state index in [1.165, 1.54) is 35.0 Å². The molecule has 1 aromatic heterocycles. The summed E-state index contributed by atoms with van der Waals surface area (Å²) in [4.78, 5) is 8.63. The molecule has 1 aliphatic carbocycles. The number of nitrogens with zero attached hydrogens (tertiary/aromatic N) is 2. The Labute approximate surface area is 132 Å². The second-order valence-corrected chi connectivity index (χ2v) is 7.03. The highest BCUT2D eigenvalue weighted by Gasteiger charge is 2.21. The Balaban J connectivity index is 1.93. The van der Waals surface area contributed by atoms with Crippen LogP contribution in [0.3, 0.4) is 0 Å². The Morgan fingerprint density at radius 1 is 1.43 bits per heavy atom. The van der Waals surface area contributed by atoms with Crippen molar-refractivity contribution in [3.05, 3.63) is 10.6 Å². The van der Waals surface area contributed by atoms with E-state index in [9.17, 15) is 0 Å². The topological polar surface area (TPSA) is 37.4 Å². The van der Waals surface area contributed by atoms with Crippen molar-refractivity contribution in [1.82, 2.24) is 10.3 Å².